The minimum Gasteiger partial charge on any atom is -0.512 e. The van der Waals surface area contributed by atoms with Crippen molar-refractivity contribution in [3.8, 4) is 0 Å². The molecule has 0 amide bonds. The molecular weight excluding hydrogens is 426 g/mol. The number of nitrogens with zero attached hydrogens (tertiary/aromatic N) is 1. The molecule has 1 saturated heterocycles. The van der Waals surface area contributed by atoms with Gasteiger partial charge >= 0.3 is 0 Å². The number of rotatable bonds is 3. The molecule has 0 saturated carbocycles. The molecule has 5 nitrogen and oxygen atoms in total. The summed E-state index contributed by atoms with van der Waals surface area (Å²) >= 11 is 0. The zero-order chi connectivity index (χ0) is 24.3. The molecule has 5 rings (SSSR count). The van der Waals surface area contributed by atoms with Crippen LogP contribution in [0.15, 0.2) is 36.2 Å². The number of Topliss-reactive ketones (excluding diaryl/α,β-unsaturated/α-hetero) is 1. The number of benzene rings is 1. The van der Waals surface area contributed by atoms with Gasteiger partial charge < -0.3 is 14.6 Å². The van der Waals surface area contributed by atoms with Gasteiger partial charge in [-0.05, 0) is 65.8 Å². The molecular formula is C29H35NO4. The monoisotopic (exact) mass is 461 g/mol. The third-order valence-electron chi connectivity index (χ3n) is 8.00. The third-order valence-corrected chi connectivity index (χ3v) is 8.00. The third kappa shape index (κ3) is 3.61. The second-order valence-corrected chi connectivity index (χ2v) is 11.3. The number of hydrogen-bond acceptors (Lipinski definition) is 5. The van der Waals surface area contributed by atoms with E-state index in [4.69, 9.17) is 14.5 Å². The lowest BCUT2D eigenvalue weighted by Crippen LogP contribution is -2.42. The van der Waals surface area contributed by atoms with Crippen LogP contribution in [0, 0.1) is 6.92 Å². The van der Waals surface area contributed by atoms with Crippen molar-refractivity contribution in [2.45, 2.75) is 83.3 Å². The molecule has 1 N–H and O–H groups in total. The number of hydrogen-bond donors (Lipinski definition) is 1. The van der Waals surface area contributed by atoms with Crippen LogP contribution in [-0.2, 0) is 30.9 Å². The zero-order valence-electron chi connectivity index (χ0n) is 21.0. The van der Waals surface area contributed by atoms with E-state index in [-0.39, 0.29) is 22.4 Å². The number of ketones is 1. The molecule has 5 heteroatoms. The molecule has 1 aliphatic heterocycles. The Balaban J connectivity index is 1.64. The van der Waals surface area contributed by atoms with Crippen molar-refractivity contribution in [2.75, 3.05) is 13.2 Å². The number of fused-ring (bicyclic) bond motifs is 1. The van der Waals surface area contributed by atoms with Gasteiger partial charge in [0.25, 0.3) is 0 Å². The van der Waals surface area contributed by atoms with Gasteiger partial charge in [-0.2, -0.15) is 0 Å². The Morgan fingerprint density at radius 2 is 1.56 bits per heavy atom. The summed E-state index contributed by atoms with van der Waals surface area (Å²) in [5, 5.41) is 10.2. The molecule has 2 heterocycles. The second-order valence-electron chi connectivity index (χ2n) is 11.3. The summed E-state index contributed by atoms with van der Waals surface area (Å²) in [6, 6.07) is 8.34. The van der Waals surface area contributed by atoms with Crippen LogP contribution in [0.3, 0.4) is 0 Å². The van der Waals surface area contributed by atoms with Gasteiger partial charge in [-0.25, -0.2) is 0 Å². The first kappa shape index (κ1) is 23.3. The van der Waals surface area contributed by atoms with E-state index in [0.717, 1.165) is 30.4 Å². The molecule has 180 valence electrons. The number of carbonyl (C=O) groups is 1. The topological polar surface area (TPSA) is 68.7 Å². The van der Waals surface area contributed by atoms with Crippen LogP contribution in [0.5, 0.6) is 0 Å². The zero-order valence-corrected chi connectivity index (χ0v) is 21.0. The molecule has 0 unspecified atom stereocenters. The molecule has 2 aromatic rings. The summed E-state index contributed by atoms with van der Waals surface area (Å²) in [5.41, 5.74) is 6.75. The van der Waals surface area contributed by atoms with Gasteiger partial charge in [0.05, 0.1) is 18.8 Å². The van der Waals surface area contributed by atoms with Crippen molar-refractivity contribution in [3.05, 3.63) is 69.7 Å². The Labute approximate surface area is 202 Å². The number of aliphatic hydroxyl groups is 1. The fourth-order valence-electron chi connectivity index (χ4n) is 5.76. The van der Waals surface area contributed by atoms with Crippen LogP contribution >= 0.6 is 0 Å². The average Bonchev–Trinajstić information content (AvgIpc) is 3.15. The summed E-state index contributed by atoms with van der Waals surface area (Å²) < 4.78 is 12.8. The van der Waals surface area contributed by atoms with E-state index < -0.39 is 5.79 Å². The summed E-state index contributed by atoms with van der Waals surface area (Å²) in [6.45, 7) is 12.6. The van der Waals surface area contributed by atoms with Crippen LogP contribution in [0.2, 0.25) is 0 Å². The molecule has 1 fully saturated rings. The highest BCUT2D eigenvalue weighted by atomic mass is 16.7. The van der Waals surface area contributed by atoms with Gasteiger partial charge in [0, 0.05) is 30.2 Å². The Morgan fingerprint density at radius 1 is 0.912 bits per heavy atom. The van der Waals surface area contributed by atoms with E-state index >= 15 is 0 Å². The van der Waals surface area contributed by atoms with Crippen LogP contribution in [0.25, 0.3) is 5.57 Å². The smallest absolute Gasteiger partial charge is 0.240 e. The highest BCUT2D eigenvalue weighted by Crippen LogP contribution is 2.49. The lowest BCUT2D eigenvalue weighted by Gasteiger charge is -2.44. The maximum atomic E-state index is 12.3. The summed E-state index contributed by atoms with van der Waals surface area (Å²) in [5.74, 6) is -0.985. The Kier molecular flexibility index (Phi) is 5.49. The van der Waals surface area contributed by atoms with E-state index in [2.05, 4.69) is 46.8 Å². The predicted molar refractivity (Wildman–Crippen MR) is 132 cm³/mol. The highest BCUT2D eigenvalue weighted by molar-refractivity contribution is 6.23. The SMILES string of the molecule is Cc1cc2c(cc1C1(c3ccc(C4=C(O)CCC4=O)cn3)OCCCO1)C(C)(C)CCC2(C)C. The number of aliphatic hydroxyl groups excluding tert-OH is 1. The summed E-state index contributed by atoms with van der Waals surface area (Å²) in [7, 11) is 0. The number of aromatic nitrogens is 1. The first-order valence-electron chi connectivity index (χ1n) is 12.4. The maximum absolute atomic E-state index is 12.3. The number of aryl methyl sites for hydroxylation is 1. The molecule has 34 heavy (non-hydrogen) atoms. The van der Waals surface area contributed by atoms with Crippen molar-refractivity contribution in [3.63, 3.8) is 0 Å². The fraction of sp³-hybridized carbons (Fsp3) is 0.517. The largest absolute Gasteiger partial charge is 0.512 e. The van der Waals surface area contributed by atoms with Crippen molar-refractivity contribution in [2.24, 2.45) is 0 Å². The van der Waals surface area contributed by atoms with E-state index in [1.54, 1.807) is 6.20 Å². The number of carbonyl (C=O) groups excluding carboxylic acids is 1. The highest BCUT2D eigenvalue weighted by Gasteiger charge is 2.45. The van der Waals surface area contributed by atoms with Gasteiger partial charge in [-0.1, -0.05) is 39.8 Å². The molecule has 2 aliphatic carbocycles. The quantitative estimate of drug-likeness (QED) is 0.606. The van der Waals surface area contributed by atoms with Crippen LogP contribution < -0.4 is 0 Å². The standard InChI is InChI=1S/C29H35NO4/c1-18-15-21-22(28(4,5)12-11-27(21,2)3)16-20(18)29(33-13-6-14-34-29)25-10-7-19(17-30-25)26-23(31)8-9-24(26)32/h7,10,15-17,31H,6,8-9,11-14H2,1-5H3. The fourth-order valence-corrected chi connectivity index (χ4v) is 5.76. The number of pyridine rings is 1. The second kappa shape index (κ2) is 8.03. The lowest BCUT2D eigenvalue weighted by atomic mass is 9.62. The van der Waals surface area contributed by atoms with Gasteiger partial charge in [0.15, 0.2) is 5.78 Å². The summed E-state index contributed by atoms with van der Waals surface area (Å²) in [4.78, 5) is 17.0. The lowest BCUT2D eigenvalue weighted by molar-refractivity contribution is -0.251. The minimum absolute atomic E-state index is 0.0395. The Morgan fingerprint density at radius 3 is 2.12 bits per heavy atom. The molecule has 0 radical (unpaired) electrons. The number of ether oxygens (including phenoxy) is 2. The van der Waals surface area contributed by atoms with Gasteiger partial charge in [-0.3, -0.25) is 9.78 Å². The normalized spacial score (nSPS) is 23.1. The van der Waals surface area contributed by atoms with Crippen molar-refractivity contribution in [1.29, 1.82) is 0 Å². The van der Waals surface area contributed by atoms with Gasteiger partial charge in [0.2, 0.25) is 5.79 Å². The molecule has 1 aromatic heterocycles. The van der Waals surface area contributed by atoms with Crippen LogP contribution in [-0.4, -0.2) is 29.1 Å². The van der Waals surface area contributed by atoms with Gasteiger partial charge in [0.1, 0.15) is 11.5 Å². The molecule has 1 aromatic carbocycles. The van der Waals surface area contributed by atoms with E-state index in [1.165, 1.54) is 11.1 Å². The average molecular weight is 462 g/mol. The maximum Gasteiger partial charge on any atom is 0.240 e. The van der Waals surface area contributed by atoms with Crippen molar-refractivity contribution < 1.29 is 19.4 Å². The first-order valence-corrected chi connectivity index (χ1v) is 12.4. The first-order chi connectivity index (χ1) is 16.1. The predicted octanol–water partition coefficient (Wildman–Crippen LogP) is 6.01. The van der Waals surface area contributed by atoms with Crippen LogP contribution in [0.4, 0.5) is 0 Å². The Hall–Kier alpha value is -2.50. The van der Waals surface area contributed by atoms with Crippen LogP contribution in [0.1, 0.15) is 93.3 Å². The van der Waals surface area contributed by atoms with E-state index in [1.807, 2.05) is 12.1 Å². The summed E-state index contributed by atoms with van der Waals surface area (Å²) in [6.07, 6.45) is 5.52. The van der Waals surface area contributed by atoms with Crippen molar-refractivity contribution in [1.82, 2.24) is 4.98 Å². The molecule has 0 spiro atoms. The Bertz CT molecular complexity index is 1170. The minimum atomic E-state index is -1.09. The van der Waals surface area contributed by atoms with E-state index in [9.17, 15) is 9.90 Å². The molecule has 0 bridgehead atoms. The molecule has 0 atom stereocenters. The van der Waals surface area contributed by atoms with E-state index in [0.29, 0.717) is 42.9 Å². The molecule has 3 aliphatic rings. The number of allylic oxidation sites excluding steroid dienone is 2. The van der Waals surface area contributed by atoms with Crippen molar-refractivity contribution >= 4 is 11.4 Å². The van der Waals surface area contributed by atoms with Gasteiger partial charge in [-0.15, -0.1) is 0 Å².